The van der Waals surface area contributed by atoms with Crippen LogP contribution in [0.15, 0.2) is 56.7 Å². The Kier molecular flexibility index (Phi) is 7.22. The van der Waals surface area contributed by atoms with Crippen molar-refractivity contribution in [1.82, 2.24) is 4.90 Å². The molecule has 1 aliphatic rings. The highest BCUT2D eigenvalue weighted by Crippen LogP contribution is 2.30. The van der Waals surface area contributed by atoms with E-state index in [4.69, 9.17) is 4.74 Å². The number of amidine groups is 1. The van der Waals surface area contributed by atoms with Gasteiger partial charge in [0.15, 0.2) is 5.75 Å². The van der Waals surface area contributed by atoms with Crippen LogP contribution in [0.4, 0.5) is 11.4 Å². The fourth-order valence-electron chi connectivity index (χ4n) is 3.35. The van der Waals surface area contributed by atoms with E-state index in [1.54, 1.807) is 7.05 Å². The first-order chi connectivity index (χ1) is 15.5. The van der Waals surface area contributed by atoms with Crippen molar-refractivity contribution in [1.29, 1.82) is 0 Å². The number of nitro benzene ring substituents is 1. The smallest absolute Gasteiger partial charge is 0.312 e. The third-order valence-corrected chi connectivity index (χ3v) is 7.78. The first kappa shape index (κ1) is 24.5. The van der Waals surface area contributed by atoms with Gasteiger partial charge in [0.1, 0.15) is 5.84 Å². The predicted molar refractivity (Wildman–Crippen MR) is 123 cm³/mol. The summed E-state index contributed by atoms with van der Waals surface area (Å²) < 4.78 is 62.4. The van der Waals surface area contributed by atoms with Crippen LogP contribution < -0.4 is 9.46 Å². The zero-order valence-corrected chi connectivity index (χ0v) is 19.7. The monoisotopic (exact) mass is 496 g/mol. The molecule has 2 aromatic carbocycles. The molecule has 1 N–H and O–H groups in total. The van der Waals surface area contributed by atoms with Crippen LogP contribution in [0.5, 0.6) is 5.75 Å². The third kappa shape index (κ3) is 5.79. The van der Waals surface area contributed by atoms with Crippen molar-refractivity contribution in [3.63, 3.8) is 0 Å². The van der Waals surface area contributed by atoms with Gasteiger partial charge in [-0.1, -0.05) is 12.5 Å². The Morgan fingerprint density at radius 3 is 2.52 bits per heavy atom. The van der Waals surface area contributed by atoms with Crippen LogP contribution in [-0.2, 0) is 20.0 Å². The van der Waals surface area contributed by atoms with E-state index in [0.717, 1.165) is 37.5 Å². The van der Waals surface area contributed by atoms with Crippen LogP contribution in [0.25, 0.3) is 0 Å². The topological polar surface area (TPSA) is 148 Å². The number of nitrogens with zero attached hydrogens (tertiary/aromatic N) is 3. The minimum absolute atomic E-state index is 0.0241. The van der Waals surface area contributed by atoms with Gasteiger partial charge in [-0.05, 0) is 43.2 Å². The molecule has 1 heterocycles. The highest BCUT2D eigenvalue weighted by Gasteiger charge is 2.23. The lowest BCUT2D eigenvalue weighted by Crippen LogP contribution is -2.26. The van der Waals surface area contributed by atoms with E-state index in [0.29, 0.717) is 18.8 Å². The van der Waals surface area contributed by atoms with Gasteiger partial charge in [-0.3, -0.25) is 14.8 Å². The maximum atomic E-state index is 12.9. The Morgan fingerprint density at radius 2 is 1.82 bits per heavy atom. The van der Waals surface area contributed by atoms with Gasteiger partial charge in [-0.2, -0.15) is 8.42 Å². The number of anilines is 1. The molecule has 178 valence electrons. The molecule has 33 heavy (non-hydrogen) atoms. The van der Waals surface area contributed by atoms with E-state index >= 15 is 0 Å². The SMILES string of the molecule is COc1ccc(S(=O)(=O)Nc2cccc(S(=O)(=O)/N=C3/CCCCCN3C)c2)cc1[N+](=O)[O-]. The highest BCUT2D eigenvalue weighted by atomic mass is 32.2. The normalized spacial score (nSPS) is 16.3. The average Bonchev–Trinajstić information content (AvgIpc) is 2.96. The number of rotatable bonds is 7. The molecular weight excluding hydrogens is 472 g/mol. The zero-order chi connectivity index (χ0) is 24.2. The number of ether oxygens (including phenoxy) is 1. The van der Waals surface area contributed by atoms with E-state index in [2.05, 4.69) is 9.12 Å². The van der Waals surface area contributed by atoms with Crippen LogP contribution in [-0.4, -0.2) is 53.2 Å². The van der Waals surface area contributed by atoms with Gasteiger partial charge in [0, 0.05) is 26.1 Å². The van der Waals surface area contributed by atoms with Gasteiger partial charge in [-0.25, -0.2) is 8.42 Å². The Hall–Kier alpha value is -3.19. The molecule has 0 amide bonds. The molecule has 0 bridgehead atoms. The van der Waals surface area contributed by atoms with E-state index in [9.17, 15) is 26.9 Å². The molecule has 0 spiro atoms. The predicted octanol–water partition coefficient (Wildman–Crippen LogP) is 3.00. The molecule has 3 rings (SSSR count). The average molecular weight is 497 g/mol. The summed E-state index contributed by atoms with van der Waals surface area (Å²) in [5, 5.41) is 11.2. The summed E-state index contributed by atoms with van der Waals surface area (Å²) in [5.41, 5.74) is -0.538. The van der Waals surface area contributed by atoms with Crippen molar-refractivity contribution in [3.05, 3.63) is 52.6 Å². The number of sulfonamides is 2. The van der Waals surface area contributed by atoms with Crippen LogP contribution >= 0.6 is 0 Å². The van der Waals surface area contributed by atoms with Crippen molar-refractivity contribution >= 4 is 37.3 Å². The lowest BCUT2D eigenvalue weighted by Gasteiger charge is -2.17. The first-order valence-corrected chi connectivity index (χ1v) is 13.0. The van der Waals surface area contributed by atoms with Crippen LogP contribution in [0, 0.1) is 10.1 Å². The Bertz CT molecular complexity index is 1290. The van der Waals surface area contributed by atoms with Crippen molar-refractivity contribution in [3.8, 4) is 5.75 Å². The minimum atomic E-state index is -4.25. The molecule has 0 atom stereocenters. The molecule has 0 aliphatic carbocycles. The number of hydrogen-bond acceptors (Lipinski definition) is 7. The fourth-order valence-corrected chi connectivity index (χ4v) is 5.56. The zero-order valence-electron chi connectivity index (χ0n) is 18.1. The quantitative estimate of drug-likeness (QED) is 0.454. The summed E-state index contributed by atoms with van der Waals surface area (Å²) in [5.74, 6) is 0.374. The lowest BCUT2D eigenvalue weighted by molar-refractivity contribution is -0.386. The maximum absolute atomic E-state index is 12.9. The third-order valence-electron chi connectivity index (χ3n) is 5.10. The maximum Gasteiger partial charge on any atom is 0.312 e. The van der Waals surface area contributed by atoms with Crippen molar-refractivity contribution in [2.24, 2.45) is 4.40 Å². The van der Waals surface area contributed by atoms with Gasteiger partial charge in [0.2, 0.25) is 0 Å². The Labute approximate surface area is 192 Å². The lowest BCUT2D eigenvalue weighted by atomic mass is 10.2. The first-order valence-electron chi connectivity index (χ1n) is 10.0. The van der Waals surface area contributed by atoms with Crippen molar-refractivity contribution < 1.29 is 26.5 Å². The molecule has 0 unspecified atom stereocenters. The molecule has 1 fully saturated rings. The number of nitro groups is 1. The van der Waals surface area contributed by atoms with E-state index < -0.39 is 30.7 Å². The van der Waals surface area contributed by atoms with E-state index in [1.165, 1.54) is 31.4 Å². The second-order valence-corrected chi connectivity index (χ2v) is 10.7. The number of likely N-dealkylation sites (tertiary alicyclic amines) is 1. The Balaban J connectivity index is 1.91. The number of methoxy groups -OCH3 is 1. The van der Waals surface area contributed by atoms with Gasteiger partial charge in [0.05, 0.1) is 27.5 Å². The second kappa shape index (κ2) is 9.75. The standard InChI is InChI=1S/C20H24N4O7S2/c1-23-12-5-3-4-9-20(23)22-33(29,30)16-8-6-7-15(13-16)21-32(27,28)17-10-11-19(31-2)18(14-17)24(25)26/h6-8,10-11,13-14,21H,3-5,9,12H2,1-2H3/b22-20-. The van der Waals surface area contributed by atoms with Gasteiger partial charge >= 0.3 is 5.69 Å². The Morgan fingerprint density at radius 1 is 1.06 bits per heavy atom. The van der Waals surface area contributed by atoms with Crippen molar-refractivity contribution in [2.45, 2.75) is 35.5 Å². The summed E-state index contributed by atoms with van der Waals surface area (Å²) >= 11 is 0. The van der Waals surface area contributed by atoms with Crippen LogP contribution in [0.1, 0.15) is 25.7 Å². The molecule has 13 heteroatoms. The fraction of sp³-hybridized carbons (Fsp3) is 0.350. The summed E-state index contributed by atoms with van der Waals surface area (Å²) in [7, 11) is -5.30. The van der Waals surface area contributed by atoms with Crippen LogP contribution in [0.3, 0.4) is 0 Å². The minimum Gasteiger partial charge on any atom is -0.490 e. The molecular formula is C20H24N4O7S2. The largest absolute Gasteiger partial charge is 0.490 e. The number of nitrogens with one attached hydrogen (secondary N) is 1. The molecule has 0 radical (unpaired) electrons. The van der Waals surface area contributed by atoms with Gasteiger partial charge < -0.3 is 9.64 Å². The highest BCUT2D eigenvalue weighted by molar-refractivity contribution is 7.92. The summed E-state index contributed by atoms with van der Waals surface area (Å²) in [4.78, 5) is 11.7. The second-order valence-electron chi connectivity index (χ2n) is 7.44. The number of hydrogen-bond donors (Lipinski definition) is 1. The van der Waals surface area contributed by atoms with Gasteiger partial charge in [-0.15, -0.1) is 4.40 Å². The summed E-state index contributed by atoms with van der Waals surface area (Å²) in [6, 6.07) is 8.44. The van der Waals surface area contributed by atoms with Crippen LogP contribution in [0.2, 0.25) is 0 Å². The molecule has 11 nitrogen and oxygen atoms in total. The molecule has 1 aliphatic heterocycles. The summed E-state index contributed by atoms with van der Waals surface area (Å²) in [6.07, 6.45) is 3.32. The van der Waals surface area contributed by atoms with E-state index in [-0.39, 0.29) is 21.2 Å². The molecule has 2 aromatic rings. The molecule has 0 saturated carbocycles. The van der Waals surface area contributed by atoms with E-state index in [1.807, 2.05) is 4.90 Å². The molecule has 1 saturated heterocycles. The molecule has 0 aromatic heterocycles. The van der Waals surface area contributed by atoms with Gasteiger partial charge in [0.25, 0.3) is 20.0 Å². The van der Waals surface area contributed by atoms with Crippen molar-refractivity contribution in [2.75, 3.05) is 25.4 Å². The number of benzene rings is 2. The summed E-state index contributed by atoms with van der Waals surface area (Å²) in [6.45, 7) is 0.711.